The number of nitrogens with zero attached hydrogens (tertiary/aromatic N) is 5. The third-order valence-corrected chi connectivity index (χ3v) is 3.58. The molecule has 0 aliphatic heterocycles. The summed E-state index contributed by atoms with van der Waals surface area (Å²) in [6.45, 7) is 2.36. The Hall–Kier alpha value is -2.96. The number of hydrogen-bond donors (Lipinski definition) is 0. The van der Waals surface area contributed by atoms with Gasteiger partial charge in [-0.3, -0.25) is 0 Å². The van der Waals surface area contributed by atoms with Crippen LogP contribution >= 0.6 is 0 Å². The van der Waals surface area contributed by atoms with Gasteiger partial charge in [0.2, 0.25) is 5.88 Å². The van der Waals surface area contributed by atoms with Gasteiger partial charge in [-0.2, -0.15) is 9.36 Å². The first-order chi connectivity index (χ1) is 11.2. The van der Waals surface area contributed by atoms with E-state index in [0.29, 0.717) is 18.2 Å². The van der Waals surface area contributed by atoms with Gasteiger partial charge in [0.15, 0.2) is 0 Å². The molecule has 0 spiro atoms. The Labute approximate surface area is 133 Å². The van der Waals surface area contributed by atoms with Crippen molar-refractivity contribution in [2.24, 2.45) is 7.05 Å². The standard InChI is InChI=1S/C16H17N5O2/c1-3-12-7-6-8-14(21-16(22)20(2)18-19-21)13(12)11-23-15-9-4-5-10-17-15/h4-10H,3,11H2,1-2H3. The fourth-order valence-corrected chi connectivity index (χ4v) is 2.36. The summed E-state index contributed by atoms with van der Waals surface area (Å²) < 4.78 is 8.25. The molecule has 0 atom stereocenters. The number of pyridine rings is 1. The largest absolute Gasteiger partial charge is 0.473 e. The number of ether oxygens (including phenoxy) is 1. The van der Waals surface area contributed by atoms with E-state index in [1.807, 2.05) is 30.3 Å². The minimum atomic E-state index is -0.294. The Morgan fingerprint density at radius 1 is 1.13 bits per heavy atom. The summed E-state index contributed by atoms with van der Waals surface area (Å²) in [6, 6.07) is 11.2. The van der Waals surface area contributed by atoms with Crippen LogP contribution in [0.2, 0.25) is 0 Å². The Kier molecular flexibility index (Phi) is 4.18. The molecule has 0 saturated carbocycles. The zero-order valence-electron chi connectivity index (χ0n) is 13.0. The van der Waals surface area contributed by atoms with E-state index in [1.165, 1.54) is 9.36 Å². The molecule has 3 aromatic rings. The van der Waals surface area contributed by atoms with Gasteiger partial charge < -0.3 is 4.74 Å². The number of benzene rings is 1. The summed E-state index contributed by atoms with van der Waals surface area (Å²) in [5, 5.41) is 7.69. The van der Waals surface area contributed by atoms with E-state index < -0.39 is 0 Å². The Morgan fingerprint density at radius 2 is 2.00 bits per heavy atom. The molecule has 0 bridgehead atoms. The molecule has 2 heterocycles. The first kappa shape index (κ1) is 15.0. The van der Waals surface area contributed by atoms with Gasteiger partial charge in [0.1, 0.15) is 6.61 Å². The van der Waals surface area contributed by atoms with Crippen LogP contribution in [0, 0.1) is 0 Å². The van der Waals surface area contributed by atoms with Gasteiger partial charge in [0, 0.05) is 24.9 Å². The predicted molar refractivity (Wildman–Crippen MR) is 84.5 cm³/mol. The van der Waals surface area contributed by atoms with E-state index in [0.717, 1.165) is 17.5 Å². The lowest BCUT2D eigenvalue weighted by Gasteiger charge is -2.13. The number of hydrogen-bond acceptors (Lipinski definition) is 5. The highest BCUT2D eigenvalue weighted by Gasteiger charge is 2.14. The second kappa shape index (κ2) is 6.43. The van der Waals surface area contributed by atoms with Crippen LogP contribution in [0.5, 0.6) is 5.88 Å². The topological polar surface area (TPSA) is 74.8 Å². The van der Waals surface area contributed by atoms with E-state index in [9.17, 15) is 4.79 Å². The molecule has 7 nitrogen and oxygen atoms in total. The van der Waals surface area contributed by atoms with Crippen LogP contribution in [0.4, 0.5) is 0 Å². The predicted octanol–water partition coefficient (Wildman–Crippen LogP) is 1.50. The maximum atomic E-state index is 12.1. The minimum absolute atomic E-state index is 0.294. The van der Waals surface area contributed by atoms with E-state index >= 15 is 0 Å². The van der Waals surface area contributed by atoms with Gasteiger partial charge in [0.05, 0.1) is 5.69 Å². The third-order valence-electron chi connectivity index (χ3n) is 3.58. The van der Waals surface area contributed by atoms with Crippen LogP contribution in [0.15, 0.2) is 47.4 Å². The molecule has 0 radical (unpaired) electrons. The average Bonchev–Trinajstić information content (AvgIpc) is 2.92. The molecule has 0 aliphatic rings. The number of aromatic nitrogens is 5. The summed E-state index contributed by atoms with van der Waals surface area (Å²) in [4.78, 5) is 16.3. The van der Waals surface area contributed by atoms with Gasteiger partial charge in [-0.05, 0) is 34.5 Å². The van der Waals surface area contributed by atoms with Crippen molar-refractivity contribution in [3.63, 3.8) is 0 Å². The zero-order valence-corrected chi connectivity index (χ0v) is 13.0. The summed E-state index contributed by atoms with van der Waals surface area (Å²) >= 11 is 0. The fourth-order valence-electron chi connectivity index (χ4n) is 2.36. The van der Waals surface area contributed by atoms with Crippen LogP contribution < -0.4 is 10.4 Å². The van der Waals surface area contributed by atoms with Gasteiger partial charge in [-0.15, -0.1) is 0 Å². The van der Waals surface area contributed by atoms with E-state index in [-0.39, 0.29) is 5.69 Å². The molecule has 23 heavy (non-hydrogen) atoms. The number of rotatable bonds is 5. The first-order valence-corrected chi connectivity index (χ1v) is 7.34. The molecule has 2 aromatic heterocycles. The van der Waals surface area contributed by atoms with Crippen molar-refractivity contribution in [2.75, 3.05) is 0 Å². The lowest BCUT2D eigenvalue weighted by Crippen LogP contribution is -2.23. The molecule has 118 valence electrons. The summed E-state index contributed by atoms with van der Waals surface area (Å²) in [6.07, 6.45) is 2.50. The molecule has 1 aromatic carbocycles. The molecular weight excluding hydrogens is 294 g/mol. The molecule has 0 N–H and O–H groups in total. The second-order valence-electron chi connectivity index (χ2n) is 5.02. The van der Waals surface area contributed by atoms with Crippen molar-refractivity contribution in [1.82, 2.24) is 24.8 Å². The van der Waals surface area contributed by atoms with Gasteiger partial charge in [-0.25, -0.2) is 9.78 Å². The first-order valence-electron chi connectivity index (χ1n) is 7.34. The lowest BCUT2D eigenvalue weighted by atomic mass is 10.0. The van der Waals surface area contributed by atoms with Crippen molar-refractivity contribution in [3.8, 4) is 11.6 Å². The molecular formula is C16H17N5O2. The number of aryl methyl sites for hydroxylation is 2. The average molecular weight is 311 g/mol. The van der Waals surface area contributed by atoms with Gasteiger partial charge in [0.25, 0.3) is 0 Å². The van der Waals surface area contributed by atoms with Crippen LogP contribution in [0.25, 0.3) is 5.69 Å². The van der Waals surface area contributed by atoms with Crippen LogP contribution in [-0.2, 0) is 20.1 Å². The molecule has 7 heteroatoms. The third kappa shape index (κ3) is 2.98. The van der Waals surface area contributed by atoms with Crippen molar-refractivity contribution < 1.29 is 4.74 Å². The summed E-state index contributed by atoms with van der Waals surface area (Å²) in [7, 11) is 1.57. The highest BCUT2D eigenvalue weighted by Crippen LogP contribution is 2.20. The van der Waals surface area contributed by atoms with Crippen molar-refractivity contribution in [1.29, 1.82) is 0 Å². The quantitative estimate of drug-likeness (QED) is 0.714. The van der Waals surface area contributed by atoms with Crippen molar-refractivity contribution in [2.45, 2.75) is 20.0 Å². The second-order valence-corrected chi connectivity index (χ2v) is 5.02. The zero-order chi connectivity index (χ0) is 16.2. The van der Waals surface area contributed by atoms with Gasteiger partial charge in [-0.1, -0.05) is 25.1 Å². The van der Waals surface area contributed by atoms with Crippen molar-refractivity contribution >= 4 is 0 Å². The minimum Gasteiger partial charge on any atom is -0.473 e. The Morgan fingerprint density at radius 3 is 2.65 bits per heavy atom. The lowest BCUT2D eigenvalue weighted by molar-refractivity contribution is 0.292. The highest BCUT2D eigenvalue weighted by molar-refractivity contribution is 5.45. The molecule has 0 saturated heterocycles. The molecule has 0 unspecified atom stereocenters. The molecule has 0 aliphatic carbocycles. The SMILES string of the molecule is CCc1cccc(-n2nnn(C)c2=O)c1COc1ccccn1. The van der Waals surface area contributed by atoms with Gasteiger partial charge >= 0.3 is 5.69 Å². The molecule has 3 rings (SSSR count). The molecule has 0 fully saturated rings. The van der Waals surface area contributed by atoms with Crippen LogP contribution in [0.1, 0.15) is 18.1 Å². The normalized spacial score (nSPS) is 10.7. The van der Waals surface area contributed by atoms with Crippen LogP contribution in [0.3, 0.4) is 0 Å². The molecule has 0 amide bonds. The van der Waals surface area contributed by atoms with Crippen molar-refractivity contribution in [3.05, 3.63) is 64.2 Å². The summed E-state index contributed by atoms with van der Waals surface area (Å²) in [5.41, 5.74) is 2.38. The Balaban J connectivity index is 2.00. The van der Waals surface area contributed by atoms with E-state index in [4.69, 9.17) is 4.74 Å². The monoisotopic (exact) mass is 311 g/mol. The van der Waals surface area contributed by atoms with Crippen LogP contribution in [-0.4, -0.2) is 24.8 Å². The number of tetrazole rings is 1. The fraction of sp³-hybridized carbons (Fsp3) is 0.250. The smallest absolute Gasteiger partial charge is 0.368 e. The maximum Gasteiger partial charge on any atom is 0.368 e. The Bertz CT molecular complexity index is 854. The highest BCUT2D eigenvalue weighted by atomic mass is 16.5. The van der Waals surface area contributed by atoms with E-state index in [1.54, 1.807) is 19.3 Å². The maximum absolute atomic E-state index is 12.1. The van der Waals surface area contributed by atoms with E-state index in [2.05, 4.69) is 22.3 Å². The summed E-state index contributed by atoms with van der Waals surface area (Å²) in [5.74, 6) is 0.538.